The highest BCUT2D eigenvalue weighted by molar-refractivity contribution is 5.57. The van der Waals surface area contributed by atoms with Crippen LogP contribution in [-0.4, -0.2) is 21.0 Å². The van der Waals surface area contributed by atoms with Crippen LogP contribution >= 0.6 is 0 Å². The molecule has 0 bridgehead atoms. The lowest BCUT2D eigenvalue weighted by Gasteiger charge is -2.20. The zero-order valence-corrected chi connectivity index (χ0v) is 15.2. The third-order valence-corrected chi connectivity index (χ3v) is 2.68. The molecule has 130 valence electrons. The molecular formula is C18H26N4O2. The van der Waals surface area contributed by atoms with Crippen molar-refractivity contribution in [2.75, 3.05) is 0 Å². The summed E-state index contributed by atoms with van der Waals surface area (Å²) in [6.07, 6.45) is 3.38. The van der Waals surface area contributed by atoms with Gasteiger partial charge in [-0.3, -0.25) is 9.97 Å². The van der Waals surface area contributed by atoms with Gasteiger partial charge in [-0.25, -0.2) is 0 Å². The Morgan fingerprint density at radius 3 is 1.42 bits per heavy atom. The summed E-state index contributed by atoms with van der Waals surface area (Å²) in [4.78, 5) is 19.9. The number of hydroxylamine groups is 2. The number of aromatic nitrogens is 2. The van der Waals surface area contributed by atoms with Crippen LogP contribution in [0, 0.1) is 0 Å². The molecule has 0 saturated carbocycles. The van der Waals surface area contributed by atoms with Crippen LogP contribution in [0.1, 0.15) is 41.5 Å². The van der Waals surface area contributed by atoms with Gasteiger partial charge >= 0.3 is 0 Å². The van der Waals surface area contributed by atoms with Crippen LogP contribution in [0.15, 0.2) is 36.7 Å². The summed E-state index contributed by atoms with van der Waals surface area (Å²) >= 11 is 0. The van der Waals surface area contributed by atoms with Gasteiger partial charge < -0.3 is 9.68 Å². The summed E-state index contributed by atoms with van der Waals surface area (Å²) in [6, 6.07) is 7.26. The number of hydrogen-bond acceptors (Lipinski definition) is 6. The number of nitrogens with one attached hydrogen (secondary N) is 2. The molecule has 6 nitrogen and oxygen atoms in total. The van der Waals surface area contributed by atoms with Gasteiger partial charge in [-0.05, 0) is 41.5 Å². The quantitative estimate of drug-likeness (QED) is 0.818. The molecule has 2 N–H and O–H groups in total. The first-order valence-corrected chi connectivity index (χ1v) is 7.93. The van der Waals surface area contributed by atoms with Gasteiger partial charge in [-0.2, -0.15) is 11.0 Å². The van der Waals surface area contributed by atoms with Crippen molar-refractivity contribution in [1.29, 1.82) is 0 Å². The predicted octanol–water partition coefficient (Wildman–Crippen LogP) is 3.51. The average Bonchev–Trinajstić information content (AvgIpc) is 2.50. The Kier molecular flexibility index (Phi) is 5.41. The van der Waals surface area contributed by atoms with Crippen molar-refractivity contribution in [2.45, 2.75) is 52.6 Å². The number of pyridine rings is 2. The lowest BCUT2D eigenvalue weighted by atomic mass is 10.1. The van der Waals surface area contributed by atoms with Crippen molar-refractivity contribution in [3.63, 3.8) is 0 Å². The maximum atomic E-state index is 5.59. The highest BCUT2D eigenvalue weighted by Crippen LogP contribution is 2.23. The minimum absolute atomic E-state index is 0.145. The van der Waals surface area contributed by atoms with E-state index in [0.29, 0.717) is 22.9 Å². The topological polar surface area (TPSA) is 68.3 Å². The van der Waals surface area contributed by atoms with Crippen molar-refractivity contribution < 1.29 is 9.68 Å². The summed E-state index contributed by atoms with van der Waals surface area (Å²) in [5.41, 5.74) is 7.10. The van der Waals surface area contributed by atoms with Gasteiger partial charge in [0.05, 0.1) is 11.4 Å². The van der Waals surface area contributed by atoms with Gasteiger partial charge in [0, 0.05) is 47.7 Å². The fourth-order valence-electron chi connectivity index (χ4n) is 1.65. The van der Waals surface area contributed by atoms with Crippen molar-refractivity contribution in [3.05, 3.63) is 36.7 Å². The van der Waals surface area contributed by atoms with E-state index in [4.69, 9.17) is 9.68 Å². The maximum absolute atomic E-state index is 5.59. The Bertz CT molecular complexity index is 616. The van der Waals surface area contributed by atoms with Gasteiger partial charge in [-0.15, -0.1) is 0 Å². The van der Waals surface area contributed by atoms with Gasteiger partial charge in [0.2, 0.25) is 0 Å². The molecule has 2 aromatic rings. The Morgan fingerprint density at radius 1 is 0.708 bits per heavy atom. The van der Waals surface area contributed by atoms with Crippen LogP contribution in [0.5, 0.6) is 11.5 Å². The second-order valence-electron chi connectivity index (χ2n) is 7.66. The molecule has 0 atom stereocenters. The molecule has 0 aromatic carbocycles. The van der Waals surface area contributed by atoms with Crippen molar-refractivity contribution in [1.82, 2.24) is 20.9 Å². The maximum Gasteiger partial charge on any atom is 0.150 e. The van der Waals surface area contributed by atoms with Gasteiger partial charge in [0.1, 0.15) is 0 Å². The highest BCUT2D eigenvalue weighted by Gasteiger charge is 2.12. The van der Waals surface area contributed by atoms with Gasteiger partial charge in [0.15, 0.2) is 11.5 Å². The van der Waals surface area contributed by atoms with Gasteiger partial charge in [-0.1, -0.05) is 0 Å². The minimum atomic E-state index is -0.145. The average molecular weight is 330 g/mol. The van der Waals surface area contributed by atoms with E-state index in [9.17, 15) is 0 Å². The van der Waals surface area contributed by atoms with Crippen LogP contribution in [-0.2, 0) is 0 Å². The monoisotopic (exact) mass is 330 g/mol. The summed E-state index contributed by atoms with van der Waals surface area (Å²) < 4.78 is 0. The summed E-state index contributed by atoms with van der Waals surface area (Å²) in [5, 5.41) is 0. The molecule has 2 rings (SSSR count). The van der Waals surface area contributed by atoms with Crippen LogP contribution in [0.3, 0.4) is 0 Å². The SMILES string of the molecule is CC(C)(C)NOc1ccnc(-c2cc(ONC(C)(C)C)ccn2)c1. The van der Waals surface area contributed by atoms with E-state index in [1.165, 1.54) is 0 Å². The summed E-state index contributed by atoms with van der Waals surface area (Å²) in [7, 11) is 0. The first-order valence-electron chi connectivity index (χ1n) is 7.93. The number of nitrogens with zero attached hydrogens (tertiary/aromatic N) is 2. The summed E-state index contributed by atoms with van der Waals surface area (Å²) in [5.74, 6) is 1.35. The molecule has 24 heavy (non-hydrogen) atoms. The Morgan fingerprint density at radius 2 is 1.08 bits per heavy atom. The Hall–Kier alpha value is -2.18. The third-order valence-electron chi connectivity index (χ3n) is 2.68. The van der Waals surface area contributed by atoms with Crippen LogP contribution in [0.25, 0.3) is 11.4 Å². The molecule has 2 aromatic heterocycles. The van der Waals surface area contributed by atoms with Crippen LogP contribution in [0.2, 0.25) is 0 Å². The molecule has 0 radical (unpaired) electrons. The van der Waals surface area contributed by atoms with E-state index in [0.717, 1.165) is 0 Å². The Balaban J connectivity index is 2.13. The van der Waals surface area contributed by atoms with Crippen LogP contribution in [0.4, 0.5) is 0 Å². The zero-order valence-electron chi connectivity index (χ0n) is 15.2. The fourth-order valence-corrected chi connectivity index (χ4v) is 1.65. The fraction of sp³-hybridized carbons (Fsp3) is 0.444. The number of rotatable bonds is 5. The second kappa shape index (κ2) is 7.15. The first-order chi connectivity index (χ1) is 11.1. The second-order valence-corrected chi connectivity index (χ2v) is 7.66. The first kappa shape index (κ1) is 18.2. The van der Waals surface area contributed by atoms with Gasteiger partial charge in [0.25, 0.3) is 0 Å². The lowest BCUT2D eigenvalue weighted by Crippen LogP contribution is -2.38. The van der Waals surface area contributed by atoms with Crippen molar-refractivity contribution in [3.8, 4) is 22.9 Å². The molecule has 0 fully saturated rings. The normalized spacial score (nSPS) is 12.1. The third kappa shape index (κ3) is 6.14. The predicted molar refractivity (Wildman–Crippen MR) is 94.5 cm³/mol. The molecule has 0 unspecified atom stereocenters. The number of hydrogen-bond donors (Lipinski definition) is 2. The minimum Gasteiger partial charge on any atom is -0.408 e. The Labute approximate surface area is 143 Å². The molecular weight excluding hydrogens is 304 g/mol. The summed E-state index contributed by atoms with van der Waals surface area (Å²) in [6.45, 7) is 12.2. The largest absolute Gasteiger partial charge is 0.408 e. The molecule has 2 heterocycles. The van der Waals surface area contributed by atoms with E-state index >= 15 is 0 Å². The molecule has 0 aliphatic heterocycles. The standard InChI is InChI=1S/C18H26N4O2/c1-17(2,3)21-23-13-7-9-19-15(11-13)16-12-14(8-10-20-16)24-22-18(4,5)6/h7-12,21-22H,1-6H3. The zero-order chi connectivity index (χ0) is 17.8. The van der Waals surface area contributed by atoms with E-state index < -0.39 is 0 Å². The molecule has 0 spiro atoms. The van der Waals surface area contributed by atoms with Crippen molar-refractivity contribution in [2.24, 2.45) is 0 Å². The molecule has 0 saturated heterocycles. The smallest absolute Gasteiger partial charge is 0.150 e. The van der Waals surface area contributed by atoms with Crippen molar-refractivity contribution >= 4 is 0 Å². The van der Waals surface area contributed by atoms with E-state index in [1.54, 1.807) is 24.5 Å². The van der Waals surface area contributed by atoms with E-state index in [1.807, 2.05) is 53.7 Å². The molecule has 0 amide bonds. The molecule has 0 aliphatic rings. The van der Waals surface area contributed by atoms with Crippen LogP contribution < -0.4 is 20.6 Å². The molecule has 6 heteroatoms. The molecule has 0 aliphatic carbocycles. The lowest BCUT2D eigenvalue weighted by molar-refractivity contribution is 0.119. The highest BCUT2D eigenvalue weighted by atomic mass is 16.7. The van der Waals surface area contributed by atoms with E-state index in [2.05, 4.69) is 20.9 Å². The van der Waals surface area contributed by atoms with E-state index in [-0.39, 0.29) is 11.1 Å².